The van der Waals surface area contributed by atoms with E-state index in [0.29, 0.717) is 102 Å². The fraction of sp³-hybridized carbons (Fsp3) is 0.629. The molecule has 8 heterocycles. The quantitative estimate of drug-likeness (QED) is 0.0367. The number of nitrogens with zero attached hydrogens (tertiary/aromatic N) is 4. The number of imide groups is 1. The van der Waals surface area contributed by atoms with Crippen LogP contribution in [-0.4, -0.2) is 185 Å². The van der Waals surface area contributed by atoms with Crippen LogP contribution in [0.15, 0.2) is 60.7 Å². The van der Waals surface area contributed by atoms with Crippen molar-refractivity contribution in [2.75, 3.05) is 92.3 Å². The van der Waals surface area contributed by atoms with Crippen LogP contribution in [0.3, 0.4) is 0 Å². The van der Waals surface area contributed by atoms with Crippen LogP contribution in [0.5, 0.6) is 5.75 Å². The van der Waals surface area contributed by atoms with E-state index in [-0.39, 0.29) is 49.4 Å². The highest BCUT2D eigenvalue weighted by molar-refractivity contribution is 6.74. The molecule has 0 radical (unpaired) electrons. The first kappa shape index (κ1) is 57.4. The fourth-order valence-corrected chi connectivity index (χ4v) is 21.9. The van der Waals surface area contributed by atoms with E-state index < -0.39 is 59.8 Å². The van der Waals surface area contributed by atoms with Crippen molar-refractivity contribution < 1.29 is 57.6 Å². The van der Waals surface area contributed by atoms with E-state index in [0.717, 1.165) is 82.1 Å². The van der Waals surface area contributed by atoms with Crippen molar-refractivity contribution in [2.45, 2.75) is 149 Å². The number of hydrogen-bond donors (Lipinski definition) is 4. The summed E-state index contributed by atoms with van der Waals surface area (Å²) in [6.45, 7) is 8.42. The zero-order valence-electron chi connectivity index (χ0n) is 48.3. The number of esters is 2. The highest BCUT2D eigenvalue weighted by atomic mass is 28.4. The number of carbonyl (C=O) groups is 5. The Labute approximate surface area is 477 Å². The molecular formula is C62H84N6O12Si. The number of aromatic nitrogens is 1. The van der Waals surface area contributed by atoms with Crippen LogP contribution in [-0.2, 0) is 59.9 Å². The average Bonchev–Trinajstić information content (AvgIpc) is 2.11. The predicted molar refractivity (Wildman–Crippen MR) is 307 cm³/mol. The summed E-state index contributed by atoms with van der Waals surface area (Å²) in [5.74, 6) is -1.59. The van der Waals surface area contributed by atoms with Gasteiger partial charge in [0, 0.05) is 109 Å². The second-order valence-corrected chi connectivity index (χ2v) is 28.9. The molecular weight excluding hydrogens is 1050 g/mol. The standard InChI is InChI=1S/C62H84N6O12Si/c1-7-58(74)37-41-38-61(56(72)77-5,52-43(22-27-66(39-41)40-58)42-17-10-11-18-46(42)64-52)45-35-44-47(36-48(45)76-4)65(3)54-60(44)24-28-67-26-16-23-59(8-2,53(60)67)55(62(54,75)57(73)78-6)80-81(32-13-9-14-33-81)34-15-12-19-49(69)63-25-30-79-31-29-68-50(70)20-21-51(68)71/h10-11,16-18,20-21,23,35-36,41,53-55,64,74-75H,7-9,12-15,19,22,24-34,37-40H2,1-6H3,(H,63,69)/t41?,53-,54+,55+,58-,59+,60+,61-,62-/m0/s1. The molecule has 3 saturated heterocycles. The van der Waals surface area contributed by atoms with Gasteiger partial charge in [-0.3, -0.25) is 33.9 Å². The highest BCUT2D eigenvalue weighted by Gasteiger charge is 2.80. The molecule has 3 aromatic rings. The zero-order valence-corrected chi connectivity index (χ0v) is 49.3. The first-order valence-corrected chi connectivity index (χ1v) is 32.4. The summed E-state index contributed by atoms with van der Waals surface area (Å²) in [7, 11) is 3.66. The Morgan fingerprint density at radius 1 is 0.889 bits per heavy atom. The molecule has 2 bridgehead atoms. The molecule has 2 aromatic carbocycles. The Balaban J connectivity index is 0.960. The largest absolute Gasteiger partial charge is 0.496 e. The van der Waals surface area contributed by atoms with Crippen LogP contribution in [0.1, 0.15) is 107 Å². The summed E-state index contributed by atoms with van der Waals surface area (Å²) in [6.07, 6.45) is 13.9. The number of ether oxygens (including phenoxy) is 4. The number of likely N-dealkylation sites (N-methyl/N-ethyl adjacent to an activating group) is 1. The Morgan fingerprint density at radius 2 is 1.65 bits per heavy atom. The van der Waals surface area contributed by atoms with Crippen molar-refractivity contribution >= 4 is 54.6 Å². The molecule has 1 aliphatic carbocycles. The molecule has 1 aromatic heterocycles. The lowest BCUT2D eigenvalue weighted by Gasteiger charge is -2.65. The molecule has 11 rings (SSSR count). The smallest absolute Gasteiger partial charge is 0.342 e. The SMILES string of the molecule is CC[C@]1(O)CC2CN(CCc3c([nH]c4ccccc34)[C@@](C(=O)OC)(c3cc4c(cc3OC)N(C)[C@H]3[C@@](O)(C(=O)OC)[C@H](O[Si]5(CCCCC(=O)NCCOCCN6C(=O)C=CC6=O)CCCCC5)[C@]5(CC)C=CCN6CC[C@]43[C@@H]65)C2)C1. The van der Waals surface area contributed by atoms with Gasteiger partial charge in [-0.05, 0) is 98.8 Å². The Bertz CT molecular complexity index is 2980. The molecule has 7 aliphatic heterocycles. The number of nitrogens with one attached hydrogen (secondary N) is 2. The second-order valence-electron chi connectivity index (χ2n) is 24.8. The fourth-order valence-electron chi connectivity index (χ4n) is 17.2. The van der Waals surface area contributed by atoms with Gasteiger partial charge in [0.2, 0.25) is 11.5 Å². The number of methoxy groups -OCH3 is 3. The van der Waals surface area contributed by atoms with Gasteiger partial charge in [-0.1, -0.05) is 69.9 Å². The number of piperidine rings is 1. The van der Waals surface area contributed by atoms with E-state index in [9.17, 15) is 24.6 Å². The second kappa shape index (κ2) is 22.3. The average molecular weight is 1130 g/mol. The lowest BCUT2D eigenvalue weighted by atomic mass is 9.47. The van der Waals surface area contributed by atoms with Crippen LogP contribution in [0, 0.1) is 11.3 Å². The van der Waals surface area contributed by atoms with E-state index in [1.54, 1.807) is 7.11 Å². The van der Waals surface area contributed by atoms with Gasteiger partial charge in [0.1, 0.15) is 11.2 Å². The molecule has 10 atom stereocenters. The monoisotopic (exact) mass is 1130 g/mol. The van der Waals surface area contributed by atoms with Crippen LogP contribution in [0.4, 0.5) is 5.69 Å². The van der Waals surface area contributed by atoms with Gasteiger partial charge in [0.15, 0.2) is 8.32 Å². The summed E-state index contributed by atoms with van der Waals surface area (Å²) < 4.78 is 32.0. The number of fused-ring (bicyclic) bond motifs is 6. The van der Waals surface area contributed by atoms with E-state index in [2.05, 4.69) is 62.3 Å². The lowest BCUT2D eigenvalue weighted by molar-refractivity contribution is -0.214. The number of unbranched alkanes of at least 4 members (excludes halogenated alkanes) is 1. The molecule has 438 valence electrons. The Kier molecular flexibility index (Phi) is 15.8. The molecule has 2 unspecified atom stereocenters. The maximum Gasteiger partial charge on any atom is 0.342 e. The molecule has 19 heteroatoms. The van der Waals surface area contributed by atoms with Crippen LogP contribution >= 0.6 is 0 Å². The molecule has 4 N–H and O–H groups in total. The summed E-state index contributed by atoms with van der Waals surface area (Å²) in [5, 5.41) is 30.5. The van der Waals surface area contributed by atoms with Crippen molar-refractivity contribution in [2.24, 2.45) is 11.3 Å². The summed E-state index contributed by atoms with van der Waals surface area (Å²) >= 11 is 0. The maximum atomic E-state index is 15.7. The first-order chi connectivity index (χ1) is 39.0. The molecule has 18 nitrogen and oxygen atoms in total. The number of carbonyl (C=O) groups excluding carboxylic acids is 5. The molecule has 81 heavy (non-hydrogen) atoms. The topological polar surface area (TPSA) is 213 Å². The Morgan fingerprint density at radius 3 is 2.38 bits per heavy atom. The predicted octanol–water partition coefficient (Wildman–Crippen LogP) is 5.80. The van der Waals surface area contributed by atoms with Crippen molar-refractivity contribution in [3.05, 3.63) is 83.1 Å². The van der Waals surface area contributed by atoms with Gasteiger partial charge in [-0.2, -0.15) is 0 Å². The van der Waals surface area contributed by atoms with Gasteiger partial charge >= 0.3 is 11.9 Å². The summed E-state index contributed by atoms with van der Waals surface area (Å²) in [4.78, 5) is 79.9. The van der Waals surface area contributed by atoms with Crippen LogP contribution in [0.2, 0.25) is 18.1 Å². The third-order valence-electron chi connectivity index (χ3n) is 20.7. The normalized spacial score (nSPS) is 32.8. The molecule has 1 spiro atoms. The van der Waals surface area contributed by atoms with Gasteiger partial charge < -0.3 is 48.8 Å². The number of anilines is 1. The van der Waals surface area contributed by atoms with Crippen molar-refractivity contribution in [3.63, 3.8) is 0 Å². The first-order valence-electron chi connectivity index (χ1n) is 29.9. The van der Waals surface area contributed by atoms with E-state index in [1.807, 2.05) is 32.2 Å². The van der Waals surface area contributed by atoms with Crippen molar-refractivity contribution in [3.8, 4) is 5.75 Å². The summed E-state index contributed by atoms with van der Waals surface area (Å²) in [5.41, 5.74) is -1.23. The highest BCUT2D eigenvalue weighted by Crippen LogP contribution is 2.69. The molecule has 4 fully saturated rings. The number of rotatable bonds is 19. The third-order valence-corrected chi connectivity index (χ3v) is 25.2. The van der Waals surface area contributed by atoms with Gasteiger partial charge in [0.05, 0.1) is 58.8 Å². The Hall–Kier alpha value is -5.41. The minimum absolute atomic E-state index is 0.0903. The number of para-hydroxylation sites is 1. The van der Waals surface area contributed by atoms with Crippen LogP contribution < -0.4 is 15.0 Å². The zero-order chi connectivity index (χ0) is 57.1. The minimum Gasteiger partial charge on any atom is -0.496 e. The van der Waals surface area contributed by atoms with Crippen molar-refractivity contribution in [1.29, 1.82) is 0 Å². The molecule has 8 aliphatic rings. The number of aromatic amines is 1. The number of hydrogen-bond acceptors (Lipinski definition) is 15. The van der Waals surface area contributed by atoms with E-state index >= 15 is 9.59 Å². The van der Waals surface area contributed by atoms with E-state index in [4.69, 9.17) is 23.4 Å². The molecule has 3 amide bonds. The minimum atomic E-state index is -2.76. The van der Waals surface area contributed by atoms with Crippen LogP contribution in [0.25, 0.3) is 10.9 Å². The van der Waals surface area contributed by atoms with Gasteiger partial charge in [-0.25, -0.2) is 4.79 Å². The third kappa shape index (κ3) is 9.30. The number of amides is 3. The number of aliphatic hydroxyl groups is 2. The number of benzene rings is 2. The van der Waals surface area contributed by atoms with Gasteiger partial charge in [-0.15, -0.1) is 0 Å². The van der Waals surface area contributed by atoms with Crippen molar-refractivity contribution in [1.82, 2.24) is 25.0 Å². The van der Waals surface area contributed by atoms with E-state index in [1.165, 1.54) is 26.4 Å². The molecule has 1 saturated carbocycles. The maximum absolute atomic E-state index is 15.7. The number of H-pyrrole nitrogens is 1. The summed E-state index contributed by atoms with van der Waals surface area (Å²) in [6, 6.07) is 13.8. The van der Waals surface area contributed by atoms with Gasteiger partial charge in [0.25, 0.3) is 11.8 Å². The lowest BCUT2D eigenvalue weighted by Crippen LogP contribution is -2.82.